The summed E-state index contributed by atoms with van der Waals surface area (Å²) >= 11 is 0. The maximum atomic E-state index is 12.2. The van der Waals surface area contributed by atoms with Crippen LogP contribution in [0.4, 0.5) is 4.79 Å². The third-order valence-electron chi connectivity index (χ3n) is 8.46. The highest BCUT2D eigenvalue weighted by Gasteiger charge is 2.39. The van der Waals surface area contributed by atoms with Crippen LogP contribution in [0, 0.1) is 5.92 Å². The Balaban J connectivity index is 1.30. The molecule has 0 radical (unpaired) electrons. The van der Waals surface area contributed by atoms with Crippen LogP contribution in [0.2, 0.25) is 0 Å². The normalized spacial score (nSPS) is 23.4. The highest BCUT2D eigenvalue weighted by Crippen LogP contribution is 2.42. The van der Waals surface area contributed by atoms with Gasteiger partial charge in [-0.3, -0.25) is 9.69 Å². The molecule has 2 saturated heterocycles. The zero-order valence-electron chi connectivity index (χ0n) is 25.9. The Bertz CT molecular complexity index is 1420. The lowest BCUT2D eigenvalue weighted by Crippen LogP contribution is -2.44. The first-order chi connectivity index (χ1) is 21.8. The quantitative estimate of drug-likeness (QED) is 0.237. The van der Waals surface area contributed by atoms with Gasteiger partial charge in [0.25, 0.3) is 0 Å². The highest BCUT2D eigenvalue weighted by atomic mass is 16.7. The largest absolute Gasteiger partial charge is 0.465 e. The Kier molecular flexibility index (Phi) is 11.2. The van der Waals surface area contributed by atoms with Gasteiger partial charge in [-0.05, 0) is 41.2 Å². The molecule has 3 aromatic rings. The number of hydrogen-bond acceptors (Lipinski definition) is 8. The number of carbonyl (C=O) groups excluding carboxylic acids is 2. The van der Waals surface area contributed by atoms with Crippen molar-refractivity contribution < 1.29 is 34.0 Å². The molecule has 0 aliphatic carbocycles. The van der Waals surface area contributed by atoms with Crippen molar-refractivity contribution in [3.63, 3.8) is 0 Å². The topological polar surface area (TPSA) is 130 Å². The monoisotopic (exact) mass is 617 g/mol. The van der Waals surface area contributed by atoms with E-state index in [1.165, 1.54) is 0 Å². The fraction of sp³-hybridized carbons (Fsp3) is 0.429. The van der Waals surface area contributed by atoms with Gasteiger partial charge in [0, 0.05) is 37.7 Å². The standard InChI is InChI=1S/C35H43N3O7/c1-3-43-32(41)19-37-35(42)36-18-28-6-4-5-7-30(28)25-12-14-27(15-13-25)34-44-31(21-38-17-16-29(40)20-38)23(2)33(45-34)26-10-8-24(22-39)9-11-26/h4-15,23,29,31,33-34,39-40H,3,16-22H2,1-2H3,(H2,36,37,42). The number of urea groups is 1. The van der Waals surface area contributed by atoms with Crippen LogP contribution in [-0.4, -0.2) is 72.1 Å². The minimum atomic E-state index is -0.588. The Hall–Kier alpha value is -3.80. The van der Waals surface area contributed by atoms with Gasteiger partial charge in [-0.1, -0.05) is 79.7 Å². The van der Waals surface area contributed by atoms with E-state index in [1.54, 1.807) is 6.92 Å². The van der Waals surface area contributed by atoms with Gasteiger partial charge in [0.05, 0.1) is 31.5 Å². The maximum Gasteiger partial charge on any atom is 0.325 e. The number of amides is 2. The number of β-amino-alcohol motifs (C(OH)–C–C–N with tert-alkyl or cyclic N) is 1. The van der Waals surface area contributed by atoms with Crippen LogP contribution in [0.15, 0.2) is 72.8 Å². The van der Waals surface area contributed by atoms with Gasteiger partial charge in [-0.25, -0.2) is 4.79 Å². The number of ether oxygens (including phenoxy) is 3. The second kappa shape index (κ2) is 15.5. The molecule has 2 aliphatic heterocycles. The average Bonchev–Trinajstić information content (AvgIpc) is 3.48. The molecule has 0 saturated carbocycles. The van der Waals surface area contributed by atoms with E-state index in [0.717, 1.165) is 46.3 Å². The van der Waals surface area contributed by atoms with E-state index in [1.807, 2.05) is 72.8 Å². The predicted octanol–water partition coefficient (Wildman–Crippen LogP) is 4.07. The molecule has 10 nitrogen and oxygen atoms in total. The predicted molar refractivity (Wildman–Crippen MR) is 169 cm³/mol. The second-order valence-corrected chi connectivity index (χ2v) is 11.6. The molecule has 10 heteroatoms. The molecule has 3 aromatic carbocycles. The summed E-state index contributed by atoms with van der Waals surface area (Å²) in [6, 6.07) is 23.3. The smallest absolute Gasteiger partial charge is 0.325 e. The van der Waals surface area contributed by atoms with Gasteiger partial charge in [0.15, 0.2) is 6.29 Å². The molecule has 0 spiro atoms. The van der Waals surface area contributed by atoms with Crippen molar-refractivity contribution in [3.8, 4) is 11.1 Å². The van der Waals surface area contributed by atoms with Crippen LogP contribution in [-0.2, 0) is 32.2 Å². The molecule has 5 unspecified atom stereocenters. The number of nitrogens with one attached hydrogen (secondary N) is 2. The van der Waals surface area contributed by atoms with E-state index in [-0.39, 0.29) is 50.5 Å². The van der Waals surface area contributed by atoms with Crippen LogP contribution >= 0.6 is 0 Å². The zero-order valence-corrected chi connectivity index (χ0v) is 25.9. The Morgan fingerprint density at radius 3 is 2.40 bits per heavy atom. The van der Waals surface area contributed by atoms with E-state index in [2.05, 4.69) is 22.5 Å². The highest BCUT2D eigenvalue weighted by molar-refractivity contribution is 5.81. The maximum absolute atomic E-state index is 12.2. The van der Waals surface area contributed by atoms with Crippen molar-refractivity contribution in [2.24, 2.45) is 5.92 Å². The molecule has 0 aromatic heterocycles. The van der Waals surface area contributed by atoms with Crippen molar-refractivity contribution >= 4 is 12.0 Å². The summed E-state index contributed by atoms with van der Waals surface area (Å²) in [4.78, 5) is 26.0. The minimum absolute atomic E-state index is 0.0127. The third kappa shape index (κ3) is 8.47. The van der Waals surface area contributed by atoms with Crippen molar-refractivity contribution in [3.05, 3.63) is 95.1 Å². The number of rotatable bonds is 11. The van der Waals surface area contributed by atoms with Crippen LogP contribution in [0.1, 0.15) is 54.9 Å². The van der Waals surface area contributed by atoms with E-state index < -0.39 is 18.3 Å². The summed E-state index contributed by atoms with van der Waals surface area (Å²) in [5, 5.41) is 24.9. The molecule has 45 heavy (non-hydrogen) atoms. The molecule has 5 rings (SSSR count). The van der Waals surface area contributed by atoms with Gasteiger partial charge in [-0.2, -0.15) is 0 Å². The Morgan fingerprint density at radius 1 is 0.978 bits per heavy atom. The Morgan fingerprint density at radius 2 is 1.71 bits per heavy atom. The molecular formula is C35H43N3O7. The second-order valence-electron chi connectivity index (χ2n) is 11.6. The lowest BCUT2D eigenvalue weighted by Gasteiger charge is -2.42. The van der Waals surface area contributed by atoms with Crippen molar-refractivity contribution in [2.75, 3.05) is 32.8 Å². The van der Waals surface area contributed by atoms with E-state index in [4.69, 9.17) is 14.2 Å². The number of likely N-dealkylation sites (tertiary alicyclic amines) is 1. The third-order valence-corrected chi connectivity index (χ3v) is 8.46. The number of hydrogen-bond donors (Lipinski definition) is 4. The molecular weight excluding hydrogens is 574 g/mol. The van der Waals surface area contributed by atoms with Crippen molar-refractivity contribution in [1.82, 2.24) is 15.5 Å². The number of esters is 1. The lowest BCUT2D eigenvalue weighted by atomic mass is 9.90. The van der Waals surface area contributed by atoms with E-state index >= 15 is 0 Å². The summed E-state index contributed by atoms with van der Waals surface area (Å²) in [5.74, 6) is -0.423. The van der Waals surface area contributed by atoms with Crippen molar-refractivity contribution in [2.45, 2.75) is 58.0 Å². The fourth-order valence-electron chi connectivity index (χ4n) is 5.94. The van der Waals surface area contributed by atoms with Crippen LogP contribution in [0.3, 0.4) is 0 Å². The van der Waals surface area contributed by atoms with Crippen LogP contribution < -0.4 is 10.6 Å². The molecule has 2 fully saturated rings. The minimum Gasteiger partial charge on any atom is -0.465 e. The van der Waals surface area contributed by atoms with Crippen LogP contribution in [0.5, 0.6) is 0 Å². The molecule has 4 N–H and O–H groups in total. The summed E-state index contributed by atoms with van der Waals surface area (Å²) in [5.41, 5.74) is 5.65. The number of aliphatic hydroxyl groups is 2. The van der Waals surface area contributed by atoms with E-state index in [9.17, 15) is 19.8 Å². The van der Waals surface area contributed by atoms with E-state index in [0.29, 0.717) is 13.1 Å². The van der Waals surface area contributed by atoms with Crippen molar-refractivity contribution in [1.29, 1.82) is 0 Å². The number of benzene rings is 3. The number of nitrogens with zero attached hydrogens (tertiary/aromatic N) is 1. The number of aliphatic hydroxyl groups excluding tert-OH is 2. The van der Waals surface area contributed by atoms with Gasteiger partial charge in [0.2, 0.25) is 0 Å². The molecule has 2 amide bonds. The summed E-state index contributed by atoms with van der Waals surface area (Å²) in [6.45, 7) is 6.38. The molecule has 0 bridgehead atoms. The number of carbonyl (C=O) groups is 2. The first-order valence-corrected chi connectivity index (χ1v) is 15.6. The van der Waals surface area contributed by atoms with Gasteiger partial charge >= 0.3 is 12.0 Å². The molecule has 2 aliphatic rings. The van der Waals surface area contributed by atoms with Crippen LogP contribution in [0.25, 0.3) is 11.1 Å². The lowest BCUT2D eigenvalue weighted by molar-refractivity contribution is -0.276. The first-order valence-electron chi connectivity index (χ1n) is 15.6. The summed E-state index contributed by atoms with van der Waals surface area (Å²) in [6.07, 6.45) is -0.449. The average molecular weight is 618 g/mol. The van der Waals surface area contributed by atoms with Gasteiger partial charge < -0.3 is 35.1 Å². The summed E-state index contributed by atoms with van der Waals surface area (Å²) < 4.78 is 18.1. The zero-order chi connectivity index (χ0) is 31.8. The SMILES string of the molecule is CCOC(=O)CNC(=O)NCc1ccccc1-c1ccc(C2OC(CN3CCC(O)C3)C(C)C(c3ccc(CO)cc3)O2)cc1. The molecule has 240 valence electrons. The van der Waals surface area contributed by atoms with Gasteiger partial charge in [-0.15, -0.1) is 0 Å². The first kappa shape index (κ1) is 32.6. The Labute approximate surface area is 264 Å². The van der Waals surface area contributed by atoms with Gasteiger partial charge in [0.1, 0.15) is 6.54 Å². The molecule has 2 heterocycles. The summed E-state index contributed by atoms with van der Waals surface area (Å²) in [7, 11) is 0. The fourth-order valence-corrected chi connectivity index (χ4v) is 5.94. The molecule has 5 atom stereocenters.